The van der Waals surface area contributed by atoms with Gasteiger partial charge in [0, 0.05) is 12.6 Å². The Balaban J connectivity index is 1.45. The van der Waals surface area contributed by atoms with Gasteiger partial charge < -0.3 is 14.8 Å². The van der Waals surface area contributed by atoms with Crippen LogP contribution in [-0.2, 0) is 11.3 Å². The molecule has 1 saturated heterocycles. The molecule has 3 rings (SSSR count). The van der Waals surface area contributed by atoms with Gasteiger partial charge in [0.1, 0.15) is 0 Å². The predicted octanol–water partition coefficient (Wildman–Crippen LogP) is 4.23. The molecule has 0 aromatic heterocycles. The molecule has 32 heavy (non-hydrogen) atoms. The first-order valence-electron chi connectivity index (χ1n) is 10.9. The zero-order valence-corrected chi connectivity index (χ0v) is 18.7. The van der Waals surface area contributed by atoms with Crippen LogP contribution < -0.4 is 14.8 Å². The number of nitrogens with one attached hydrogen (secondary N) is 1. The lowest BCUT2D eigenvalue weighted by atomic mass is 9.92. The molecule has 170 valence electrons. The summed E-state index contributed by atoms with van der Waals surface area (Å²) < 4.78 is 10.5. The molecule has 0 radical (unpaired) electrons. The highest BCUT2D eigenvalue weighted by atomic mass is 16.5. The van der Waals surface area contributed by atoms with Gasteiger partial charge in [0.25, 0.3) is 0 Å². The van der Waals surface area contributed by atoms with E-state index in [1.165, 1.54) is 11.6 Å². The highest BCUT2D eigenvalue weighted by molar-refractivity contribution is 5.92. The molecular weight excluding hydrogens is 406 g/mol. The van der Waals surface area contributed by atoms with E-state index < -0.39 is 6.17 Å². The van der Waals surface area contributed by atoms with E-state index in [1.54, 1.807) is 32.4 Å². The Morgan fingerprint density at radius 1 is 1.12 bits per heavy atom. The van der Waals surface area contributed by atoms with E-state index in [-0.39, 0.29) is 5.91 Å². The van der Waals surface area contributed by atoms with Gasteiger partial charge in [-0.15, -0.1) is 4.91 Å². The quantitative estimate of drug-likeness (QED) is 0.444. The van der Waals surface area contributed by atoms with Crippen LogP contribution >= 0.6 is 0 Å². The van der Waals surface area contributed by atoms with Crippen LogP contribution in [-0.4, -0.2) is 44.3 Å². The number of piperidine rings is 1. The van der Waals surface area contributed by atoms with Crippen LogP contribution in [0.15, 0.2) is 59.8 Å². The molecule has 0 saturated carbocycles. The molecule has 1 aliphatic heterocycles. The molecule has 7 heteroatoms. The maximum atomic E-state index is 12.3. The van der Waals surface area contributed by atoms with Gasteiger partial charge in [0.15, 0.2) is 17.7 Å². The number of rotatable bonds is 10. The van der Waals surface area contributed by atoms with Crippen LogP contribution in [0, 0.1) is 10.8 Å². The molecular formula is C25H31N3O4. The Morgan fingerprint density at radius 2 is 1.84 bits per heavy atom. The standard InChI is InChI=1S/C25H31N3O4/c1-31-22-10-8-19(16-23(22)32-2)9-11-25(29)26-24(27-30)17-20-12-14-28(15-13-20)18-21-6-4-3-5-7-21/h3-11,16,20,24H,12-15,17-18H2,1-2H3,(H,26,29). The third-order valence-corrected chi connectivity index (χ3v) is 5.78. The molecule has 1 heterocycles. The minimum Gasteiger partial charge on any atom is -0.493 e. The molecule has 1 fully saturated rings. The number of methoxy groups -OCH3 is 2. The maximum Gasteiger partial charge on any atom is 0.245 e. The Hall–Kier alpha value is -3.19. The predicted molar refractivity (Wildman–Crippen MR) is 125 cm³/mol. The first-order valence-corrected chi connectivity index (χ1v) is 10.9. The number of amides is 1. The Labute approximate surface area is 189 Å². The smallest absolute Gasteiger partial charge is 0.245 e. The summed E-state index contributed by atoms with van der Waals surface area (Å²) in [7, 11) is 3.13. The normalized spacial score (nSPS) is 15.9. The fraction of sp³-hybridized carbons (Fsp3) is 0.400. The number of benzene rings is 2. The number of carbonyl (C=O) groups is 1. The molecule has 2 aromatic carbocycles. The van der Waals surface area contributed by atoms with Crippen molar-refractivity contribution in [2.75, 3.05) is 27.3 Å². The molecule has 1 atom stereocenters. The van der Waals surface area contributed by atoms with Crippen molar-refractivity contribution in [3.8, 4) is 11.5 Å². The van der Waals surface area contributed by atoms with Gasteiger partial charge in [-0.2, -0.15) is 0 Å². The maximum absolute atomic E-state index is 12.3. The van der Waals surface area contributed by atoms with Gasteiger partial charge in [-0.3, -0.25) is 9.69 Å². The number of ether oxygens (including phenoxy) is 2. The van der Waals surface area contributed by atoms with Crippen molar-refractivity contribution >= 4 is 12.0 Å². The average Bonchev–Trinajstić information content (AvgIpc) is 2.84. The van der Waals surface area contributed by atoms with E-state index in [2.05, 4.69) is 39.7 Å². The molecule has 1 amide bonds. The van der Waals surface area contributed by atoms with Gasteiger partial charge in [0.05, 0.1) is 14.2 Å². The zero-order chi connectivity index (χ0) is 22.8. The van der Waals surface area contributed by atoms with Crippen LogP contribution in [0.3, 0.4) is 0 Å². The van der Waals surface area contributed by atoms with E-state index in [4.69, 9.17) is 9.47 Å². The number of likely N-dealkylation sites (tertiary alicyclic amines) is 1. The SMILES string of the molecule is COc1ccc(C=CC(=O)NC(CC2CCN(Cc3ccccc3)CC2)N=O)cc1OC. The van der Waals surface area contributed by atoms with Crippen molar-refractivity contribution in [2.24, 2.45) is 11.1 Å². The second-order valence-corrected chi connectivity index (χ2v) is 8.02. The first kappa shape index (κ1) is 23.5. The lowest BCUT2D eigenvalue weighted by Crippen LogP contribution is -2.38. The third-order valence-electron chi connectivity index (χ3n) is 5.78. The number of hydrogen-bond acceptors (Lipinski definition) is 6. The van der Waals surface area contributed by atoms with E-state index in [9.17, 15) is 9.70 Å². The summed E-state index contributed by atoms with van der Waals surface area (Å²) in [4.78, 5) is 26.0. The molecule has 0 bridgehead atoms. The van der Waals surface area contributed by atoms with E-state index in [1.807, 2.05) is 12.1 Å². The summed E-state index contributed by atoms with van der Waals surface area (Å²) in [6.45, 7) is 2.91. The summed E-state index contributed by atoms with van der Waals surface area (Å²) in [5.41, 5.74) is 2.10. The van der Waals surface area contributed by atoms with Crippen molar-refractivity contribution in [3.63, 3.8) is 0 Å². The summed E-state index contributed by atoms with van der Waals surface area (Å²) in [5, 5.41) is 5.86. The van der Waals surface area contributed by atoms with Gasteiger partial charge >= 0.3 is 0 Å². The second kappa shape index (κ2) is 12.0. The van der Waals surface area contributed by atoms with Crippen LogP contribution in [0.4, 0.5) is 0 Å². The number of nitrogens with zero attached hydrogens (tertiary/aromatic N) is 2. The summed E-state index contributed by atoms with van der Waals surface area (Å²) in [5.74, 6) is 1.24. The van der Waals surface area contributed by atoms with Gasteiger partial charge in [0.2, 0.25) is 5.91 Å². The highest BCUT2D eigenvalue weighted by Gasteiger charge is 2.23. The number of hydrogen-bond donors (Lipinski definition) is 1. The molecule has 0 spiro atoms. The zero-order valence-electron chi connectivity index (χ0n) is 18.7. The van der Waals surface area contributed by atoms with Crippen molar-refractivity contribution in [1.82, 2.24) is 10.2 Å². The van der Waals surface area contributed by atoms with Gasteiger partial charge in [-0.05, 0) is 72.8 Å². The Morgan fingerprint density at radius 3 is 2.50 bits per heavy atom. The van der Waals surface area contributed by atoms with Crippen molar-refractivity contribution < 1.29 is 14.3 Å². The third kappa shape index (κ3) is 6.92. The summed E-state index contributed by atoms with van der Waals surface area (Å²) >= 11 is 0. The van der Waals surface area contributed by atoms with Gasteiger partial charge in [-0.1, -0.05) is 36.4 Å². The fourth-order valence-electron chi connectivity index (χ4n) is 4.01. The van der Waals surface area contributed by atoms with E-state index in [0.29, 0.717) is 23.8 Å². The Kier molecular flexibility index (Phi) is 8.80. The summed E-state index contributed by atoms with van der Waals surface area (Å²) in [6, 6.07) is 15.8. The van der Waals surface area contributed by atoms with Crippen LogP contribution in [0.2, 0.25) is 0 Å². The molecule has 1 unspecified atom stereocenters. The van der Waals surface area contributed by atoms with Crippen molar-refractivity contribution in [2.45, 2.75) is 32.0 Å². The number of nitroso groups, excluding NO2 is 1. The molecule has 7 nitrogen and oxygen atoms in total. The Bertz CT molecular complexity index is 909. The summed E-state index contributed by atoms with van der Waals surface area (Å²) in [6.07, 6.45) is 4.91. The largest absolute Gasteiger partial charge is 0.493 e. The molecule has 0 aliphatic carbocycles. The molecule has 2 aromatic rings. The van der Waals surface area contributed by atoms with Crippen molar-refractivity contribution in [1.29, 1.82) is 0 Å². The van der Waals surface area contributed by atoms with Crippen molar-refractivity contribution in [3.05, 3.63) is 70.6 Å². The minimum absolute atomic E-state index is 0.342. The number of carbonyl (C=O) groups excluding carboxylic acids is 1. The van der Waals surface area contributed by atoms with Crippen LogP contribution in [0.1, 0.15) is 30.4 Å². The molecule has 1 N–H and O–H groups in total. The lowest BCUT2D eigenvalue weighted by Gasteiger charge is -2.32. The topological polar surface area (TPSA) is 80.2 Å². The highest BCUT2D eigenvalue weighted by Crippen LogP contribution is 2.28. The molecule has 1 aliphatic rings. The van der Waals surface area contributed by atoms with Crippen LogP contribution in [0.5, 0.6) is 11.5 Å². The van der Waals surface area contributed by atoms with Crippen LogP contribution in [0.25, 0.3) is 6.08 Å². The first-order chi connectivity index (χ1) is 15.6. The van der Waals surface area contributed by atoms with Gasteiger partial charge in [-0.25, -0.2) is 0 Å². The second-order valence-electron chi connectivity index (χ2n) is 8.02. The average molecular weight is 438 g/mol. The van der Waals surface area contributed by atoms with E-state index in [0.717, 1.165) is 38.0 Å². The lowest BCUT2D eigenvalue weighted by molar-refractivity contribution is -0.117. The fourth-order valence-corrected chi connectivity index (χ4v) is 4.01. The minimum atomic E-state index is -0.719. The monoisotopic (exact) mass is 437 g/mol. The van der Waals surface area contributed by atoms with E-state index >= 15 is 0 Å².